The van der Waals surface area contributed by atoms with Gasteiger partial charge in [0.2, 0.25) is 0 Å². The van der Waals surface area contributed by atoms with Gasteiger partial charge in [-0.15, -0.1) is 0 Å². The first-order valence-electron chi connectivity index (χ1n) is 8.19. The Morgan fingerprint density at radius 3 is 1.00 bits per heavy atom. The van der Waals surface area contributed by atoms with E-state index in [-0.39, 0.29) is 0 Å². The van der Waals surface area contributed by atoms with Crippen LogP contribution in [0.15, 0.2) is 0 Å². The molecule has 0 saturated heterocycles. The molecule has 0 rings (SSSR count). The van der Waals surface area contributed by atoms with Crippen molar-refractivity contribution in [2.24, 2.45) is 0 Å². The molecular formula is C16H39GeN3. The van der Waals surface area contributed by atoms with E-state index in [0.717, 1.165) is 0 Å². The molecule has 0 unspecified atom stereocenters. The maximum atomic E-state index is 2.70. The summed E-state index contributed by atoms with van der Waals surface area (Å²) >= 11 is -1.58. The molecule has 4 heteroatoms. The molecule has 0 N–H and O–H groups in total. The van der Waals surface area contributed by atoms with E-state index in [1.165, 1.54) is 38.9 Å². The second kappa shape index (κ2) is 11.1. The van der Waals surface area contributed by atoms with E-state index in [2.05, 4.69) is 62.7 Å². The topological polar surface area (TPSA) is 9.72 Å². The zero-order valence-corrected chi connectivity index (χ0v) is 17.3. The molecule has 0 aromatic heterocycles. The van der Waals surface area contributed by atoms with Gasteiger partial charge in [-0.1, -0.05) is 0 Å². The predicted molar refractivity (Wildman–Crippen MR) is 95.6 cm³/mol. The van der Waals surface area contributed by atoms with Crippen LogP contribution >= 0.6 is 0 Å². The van der Waals surface area contributed by atoms with Crippen LogP contribution in [0.1, 0.15) is 19.3 Å². The Balaban J connectivity index is 4.18. The van der Waals surface area contributed by atoms with E-state index in [0.29, 0.717) is 0 Å². The molecule has 0 aromatic carbocycles. The van der Waals surface area contributed by atoms with Crippen molar-refractivity contribution in [3.05, 3.63) is 0 Å². The van der Waals surface area contributed by atoms with E-state index >= 15 is 0 Å². The molecule has 0 spiro atoms. The molecule has 0 aliphatic carbocycles. The van der Waals surface area contributed by atoms with Crippen LogP contribution in [0.3, 0.4) is 0 Å². The van der Waals surface area contributed by atoms with Crippen LogP contribution in [0.5, 0.6) is 0 Å². The van der Waals surface area contributed by atoms with E-state index in [1.54, 1.807) is 15.8 Å². The minimum atomic E-state index is -1.58. The van der Waals surface area contributed by atoms with Gasteiger partial charge in [0.25, 0.3) is 0 Å². The standard InChI is InChI=1S/C16H39GeN3/c1-17(11-8-14-18(2)3,12-9-15-19(4)5)13-10-16-20(6)7/h8-16H2,1-7H3. The van der Waals surface area contributed by atoms with Gasteiger partial charge >= 0.3 is 131 Å². The minimum absolute atomic E-state index is 1.27. The van der Waals surface area contributed by atoms with Gasteiger partial charge in [0.1, 0.15) is 0 Å². The van der Waals surface area contributed by atoms with Crippen molar-refractivity contribution < 1.29 is 0 Å². The van der Waals surface area contributed by atoms with Crippen molar-refractivity contribution in [1.82, 2.24) is 14.7 Å². The first kappa shape index (κ1) is 20.4. The van der Waals surface area contributed by atoms with Crippen LogP contribution in [0.25, 0.3) is 0 Å². The van der Waals surface area contributed by atoms with Crippen molar-refractivity contribution in [2.45, 2.75) is 40.8 Å². The van der Waals surface area contributed by atoms with Crippen LogP contribution in [-0.4, -0.2) is 89.9 Å². The van der Waals surface area contributed by atoms with Crippen LogP contribution in [-0.2, 0) is 0 Å². The average Bonchev–Trinajstić information content (AvgIpc) is 2.27. The maximum absolute atomic E-state index is 2.70. The molecule has 0 atom stereocenters. The molecule has 0 heterocycles. The third kappa shape index (κ3) is 12.2. The summed E-state index contributed by atoms with van der Waals surface area (Å²) in [4.78, 5) is 7.01. The molecule has 0 amide bonds. The van der Waals surface area contributed by atoms with Crippen LogP contribution in [0.4, 0.5) is 0 Å². The van der Waals surface area contributed by atoms with E-state index < -0.39 is 13.3 Å². The van der Waals surface area contributed by atoms with Crippen molar-refractivity contribution in [1.29, 1.82) is 0 Å². The van der Waals surface area contributed by atoms with E-state index in [9.17, 15) is 0 Å². The summed E-state index contributed by atoms with van der Waals surface area (Å²) in [6.07, 6.45) is 4.23. The Kier molecular flexibility index (Phi) is 11.3. The summed E-state index contributed by atoms with van der Waals surface area (Å²) in [7, 11) is 13.2. The molecule has 0 bridgehead atoms. The quantitative estimate of drug-likeness (QED) is 0.503. The summed E-state index contributed by atoms with van der Waals surface area (Å²) in [5.74, 6) is 2.70. The summed E-state index contributed by atoms with van der Waals surface area (Å²) in [5.41, 5.74) is 0. The molecule has 0 aliphatic heterocycles. The summed E-state index contributed by atoms with van der Waals surface area (Å²) < 4.78 is 0. The van der Waals surface area contributed by atoms with Gasteiger partial charge in [0.15, 0.2) is 0 Å². The number of nitrogens with zero attached hydrogens (tertiary/aromatic N) is 3. The van der Waals surface area contributed by atoms with E-state index in [4.69, 9.17) is 0 Å². The Bertz CT molecular complexity index is 194. The zero-order chi connectivity index (χ0) is 15.6. The fourth-order valence-electron chi connectivity index (χ4n) is 2.84. The molecule has 0 fully saturated rings. The first-order valence-corrected chi connectivity index (χ1v) is 14.7. The summed E-state index contributed by atoms with van der Waals surface area (Å²) in [6, 6.07) is 0. The van der Waals surface area contributed by atoms with Gasteiger partial charge < -0.3 is 0 Å². The normalized spacial score (nSPS) is 12.9. The average molecular weight is 346 g/mol. The van der Waals surface area contributed by atoms with Gasteiger partial charge in [0.05, 0.1) is 0 Å². The molecule has 0 aliphatic rings. The molecule has 0 saturated carbocycles. The van der Waals surface area contributed by atoms with Gasteiger partial charge in [0, 0.05) is 0 Å². The van der Waals surface area contributed by atoms with Gasteiger partial charge in [-0.25, -0.2) is 0 Å². The van der Waals surface area contributed by atoms with E-state index in [1.807, 2.05) is 0 Å². The first-order chi connectivity index (χ1) is 9.25. The second-order valence-electron chi connectivity index (χ2n) is 7.53. The molecule has 0 aromatic rings. The number of rotatable bonds is 12. The molecule has 0 radical (unpaired) electrons. The van der Waals surface area contributed by atoms with Gasteiger partial charge in [-0.05, 0) is 0 Å². The van der Waals surface area contributed by atoms with Crippen LogP contribution in [0, 0.1) is 0 Å². The van der Waals surface area contributed by atoms with Gasteiger partial charge in [-0.3, -0.25) is 0 Å². The van der Waals surface area contributed by atoms with Crippen molar-refractivity contribution >= 4 is 13.3 Å². The summed E-state index contributed by atoms with van der Waals surface area (Å²) in [6.45, 7) is 3.80. The third-order valence-corrected chi connectivity index (χ3v) is 14.0. The fraction of sp³-hybridized carbons (Fsp3) is 1.00. The van der Waals surface area contributed by atoms with Crippen LogP contribution < -0.4 is 0 Å². The zero-order valence-electron chi connectivity index (χ0n) is 15.2. The van der Waals surface area contributed by atoms with Crippen molar-refractivity contribution in [3.8, 4) is 0 Å². The number of hydrogen-bond acceptors (Lipinski definition) is 3. The Morgan fingerprint density at radius 2 is 0.800 bits per heavy atom. The van der Waals surface area contributed by atoms with Gasteiger partial charge in [-0.2, -0.15) is 0 Å². The molecule has 122 valence electrons. The molecular weight excluding hydrogens is 307 g/mol. The Hall–Kier alpha value is 0.423. The summed E-state index contributed by atoms with van der Waals surface area (Å²) in [5, 5.41) is 4.66. The Labute approximate surface area is 131 Å². The SMILES string of the molecule is CN(C)CC[CH2][Ge]([CH3])([CH2]CCN(C)C)[CH2]CCN(C)C. The fourth-order valence-corrected chi connectivity index (χ4v) is 10.8. The van der Waals surface area contributed by atoms with Crippen LogP contribution in [0.2, 0.25) is 21.5 Å². The van der Waals surface area contributed by atoms with Crippen molar-refractivity contribution in [2.75, 3.05) is 61.9 Å². The molecule has 3 nitrogen and oxygen atoms in total. The third-order valence-electron chi connectivity index (χ3n) is 4.16. The van der Waals surface area contributed by atoms with Crippen molar-refractivity contribution in [3.63, 3.8) is 0 Å². The predicted octanol–water partition coefficient (Wildman–Crippen LogP) is 2.92. The second-order valence-corrected chi connectivity index (χ2v) is 18.3. The Morgan fingerprint density at radius 1 is 0.550 bits per heavy atom. The monoisotopic (exact) mass is 347 g/mol. The molecule has 20 heavy (non-hydrogen) atoms. The number of hydrogen-bond donors (Lipinski definition) is 0.